The Bertz CT molecular complexity index is 455. The lowest BCUT2D eigenvalue weighted by molar-refractivity contribution is -0.252. The summed E-state index contributed by atoms with van der Waals surface area (Å²) < 4.78 is 31.9. The van der Waals surface area contributed by atoms with Crippen LogP contribution in [0.5, 0.6) is 0 Å². The smallest absolute Gasteiger partial charge is 0.335 e. The summed E-state index contributed by atoms with van der Waals surface area (Å²) in [5.74, 6) is 0. The van der Waals surface area contributed by atoms with Crippen molar-refractivity contribution in [3.8, 4) is 0 Å². The average Bonchev–Trinajstić information content (AvgIpc) is 2.72. The van der Waals surface area contributed by atoms with E-state index in [-0.39, 0.29) is 28.8 Å². The molecule has 154 valence electrons. The van der Waals surface area contributed by atoms with Crippen molar-refractivity contribution in [3.63, 3.8) is 0 Å². The second-order valence-electron chi connectivity index (χ2n) is 8.83. The van der Waals surface area contributed by atoms with Gasteiger partial charge in [0, 0.05) is 7.11 Å². The Labute approximate surface area is 161 Å². The van der Waals surface area contributed by atoms with Gasteiger partial charge in [0.1, 0.15) is 18.3 Å². The first kappa shape index (κ1) is 22.5. The molecule has 2 aliphatic heterocycles. The minimum atomic E-state index is -2.68. The molecule has 0 saturated carbocycles. The minimum absolute atomic E-state index is 0.182. The van der Waals surface area contributed by atoms with Gasteiger partial charge in [0.05, 0.1) is 6.61 Å². The van der Waals surface area contributed by atoms with Crippen molar-refractivity contribution in [2.45, 2.75) is 102 Å². The fourth-order valence-electron chi connectivity index (χ4n) is 4.30. The van der Waals surface area contributed by atoms with Crippen LogP contribution in [0.15, 0.2) is 0 Å². The first-order chi connectivity index (χ1) is 12.0. The third-order valence-electron chi connectivity index (χ3n) is 5.81. The van der Waals surface area contributed by atoms with Crippen molar-refractivity contribution in [1.82, 2.24) is 0 Å². The number of ether oxygens (including phenoxy) is 2. The van der Waals surface area contributed by atoms with Gasteiger partial charge in [-0.25, -0.2) is 0 Å². The van der Waals surface area contributed by atoms with Crippen LogP contribution in [0, 0.1) is 0 Å². The van der Waals surface area contributed by atoms with E-state index in [9.17, 15) is 5.11 Å². The highest BCUT2D eigenvalue weighted by atomic mass is 28.5. The summed E-state index contributed by atoms with van der Waals surface area (Å²) in [5, 5.41) is 10.7. The lowest BCUT2D eigenvalue weighted by Crippen LogP contribution is -2.59. The molecule has 26 heavy (non-hydrogen) atoms. The topological polar surface area (TPSA) is 66.4 Å². The Balaban J connectivity index is 2.62. The largest absolute Gasteiger partial charge is 0.414 e. The summed E-state index contributed by atoms with van der Waals surface area (Å²) >= 11 is 0. The van der Waals surface area contributed by atoms with Crippen molar-refractivity contribution < 1.29 is 27.5 Å². The molecule has 0 radical (unpaired) electrons. The maximum absolute atomic E-state index is 10.7. The molecular formula is C18H38O6Si2. The first-order valence-electron chi connectivity index (χ1n) is 9.90. The molecule has 2 fully saturated rings. The van der Waals surface area contributed by atoms with Crippen LogP contribution in [0.1, 0.15) is 55.4 Å². The van der Waals surface area contributed by atoms with Crippen molar-refractivity contribution in [1.29, 1.82) is 0 Å². The van der Waals surface area contributed by atoms with Crippen LogP contribution >= 0.6 is 0 Å². The van der Waals surface area contributed by atoms with Gasteiger partial charge >= 0.3 is 17.1 Å². The second-order valence-corrected chi connectivity index (χ2v) is 17.6. The molecule has 2 rings (SSSR count). The molecule has 8 heteroatoms. The monoisotopic (exact) mass is 406 g/mol. The lowest BCUT2D eigenvalue weighted by atomic mass is 10.1. The quantitative estimate of drug-likeness (QED) is 0.703. The van der Waals surface area contributed by atoms with Gasteiger partial charge < -0.3 is 27.5 Å². The third kappa shape index (κ3) is 3.71. The third-order valence-corrected chi connectivity index (χ3v) is 16.1. The lowest BCUT2D eigenvalue weighted by Gasteiger charge is -2.45. The molecule has 4 atom stereocenters. The van der Waals surface area contributed by atoms with Gasteiger partial charge in [-0.05, 0) is 22.2 Å². The summed E-state index contributed by atoms with van der Waals surface area (Å²) in [5.41, 5.74) is 0.965. The predicted molar refractivity (Wildman–Crippen MR) is 105 cm³/mol. The number of hydrogen-bond donors (Lipinski definition) is 1. The maximum atomic E-state index is 10.7. The highest BCUT2D eigenvalue weighted by Gasteiger charge is 2.63. The van der Waals surface area contributed by atoms with Gasteiger partial charge in [-0.3, -0.25) is 0 Å². The maximum Gasteiger partial charge on any atom is 0.335 e. The van der Waals surface area contributed by atoms with E-state index in [4.69, 9.17) is 22.4 Å². The van der Waals surface area contributed by atoms with E-state index < -0.39 is 41.7 Å². The van der Waals surface area contributed by atoms with Gasteiger partial charge in [-0.1, -0.05) is 55.4 Å². The zero-order valence-electron chi connectivity index (χ0n) is 17.8. The SMILES string of the molecule is CO[C@H]1OC[C@H](O)[C@@H]2O[Si](C(C)C)(C(C)C)O[Si](C(C)C)(C(C)C)O[C@@H]12. The Morgan fingerprint density at radius 3 is 1.62 bits per heavy atom. The minimum Gasteiger partial charge on any atom is -0.414 e. The Morgan fingerprint density at radius 2 is 1.23 bits per heavy atom. The highest BCUT2D eigenvalue weighted by molar-refractivity contribution is 6.84. The van der Waals surface area contributed by atoms with Crippen molar-refractivity contribution in [2.24, 2.45) is 0 Å². The molecule has 2 saturated heterocycles. The van der Waals surface area contributed by atoms with Gasteiger partial charge in [-0.15, -0.1) is 0 Å². The van der Waals surface area contributed by atoms with E-state index in [1.807, 2.05) is 0 Å². The molecule has 2 heterocycles. The fourth-order valence-corrected chi connectivity index (χ4v) is 15.6. The van der Waals surface area contributed by atoms with E-state index >= 15 is 0 Å². The summed E-state index contributed by atoms with van der Waals surface area (Å²) in [4.78, 5) is 0. The van der Waals surface area contributed by atoms with Crippen LogP contribution < -0.4 is 0 Å². The Kier molecular flexibility index (Phi) is 7.16. The number of methoxy groups -OCH3 is 1. The number of rotatable bonds is 5. The van der Waals surface area contributed by atoms with Crippen molar-refractivity contribution >= 4 is 17.1 Å². The molecule has 0 aromatic heterocycles. The average molecular weight is 407 g/mol. The van der Waals surface area contributed by atoms with E-state index in [1.165, 1.54) is 0 Å². The zero-order valence-corrected chi connectivity index (χ0v) is 19.8. The number of aliphatic hydroxyl groups is 1. The molecule has 0 aromatic rings. The summed E-state index contributed by atoms with van der Waals surface area (Å²) in [6.07, 6.45) is -2.27. The van der Waals surface area contributed by atoms with Gasteiger partial charge in [0.2, 0.25) is 0 Å². The van der Waals surface area contributed by atoms with Gasteiger partial charge in [-0.2, -0.15) is 0 Å². The number of fused-ring (bicyclic) bond motifs is 1. The first-order valence-corrected chi connectivity index (χ1v) is 13.8. The summed E-state index contributed by atoms with van der Waals surface area (Å²) in [7, 11) is -3.75. The standard InChI is InChI=1S/C18H38O6Si2/c1-11(2)25(12(3)4)22-16-15(19)10-21-18(20-9)17(16)23-26(24-25,13(5)6)14(7)8/h11-19H,10H2,1-9H3/t15-,16-,17+,18-/m0/s1. The van der Waals surface area contributed by atoms with E-state index in [0.29, 0.717) is 0 Å². The van der Waals surface area contributed by atoms with Crippen LogP contribution in [0.4, 0.5) is 0 Å². The molecule has 0 aliphatic carbocycles. The van der Waals surface area contributed by atoms with Crippen LogP contribution in [0.25, 0.3) is 0 Å². The van der Waals surface area contributed by atoms with E-state index in [0.717, 1.165) is 0 Å². The van der Waals surface area contributed by atoms with E-state index in [2.05, 4.69) is 55.4 Å². The Morgan fingerprint density at radius 1 is 0.808 bits per heavy atom. The van der Waals surface area contributed by atoms with Crippen LogP contribution in [0.3, 0.4) is 0 Å². The molecular weight excluding hydrogens is 368 g/mol. The fraction of sp³-hybridized carbons (Fsp3) is 1.00. The summed E-state index contributed by atoms with van der Waals surface area (Å²) in [6, 6.07) is 0. The molecule has 0 amide bonds. The molecule has 2 aliphatic rings. The zero-order chi connectivity index (χ0) is 19.9. The predicted octanol–water partition coefficient (Wildman–Crippen LogP) is 3.68. The molecule has 0 spiro atoms. The van der Waals surface area contributed by atoms with Gasteiger partial charge in [0.15, 0.2) is 6.29 Å². The number of aliphatic hydroxyl groups excluding tert-OH is 1. The van der Waals surface area contributed by atoms with Crippen molar-refractivity contribution in [2.75, 3.05) is 13.7 Å². The molecule has 1 N–H and O–H groups in total. The van der Waals surface area contributed by atoms with Crippen LogP contribution in [0.2, 0.25) is 22.2 Å². The molecule has 0 bridgehead atoms. The number of hydrogen-bond acceptors (Lipinski definition) is 6. The molecule has 0 aromatic carbocycles. The molecule has 6 nitrogen and oxygen atoms in total. The summed E-state index contributed by atoms with van der Waals surface area (Å²) in [6.45, 7) is 17.6. The van der Waals surface area contributed by atoms with E-state index in [1.54, 1.807) is 7.11 Å². The highest BCUT2D eigenvalue weighted by Crippen LogP contribution is 2.49. The van der Waals surface area contributed by atoms with Gasteiger partial charge in [0.25, 0.3) is 0 Å². The Hall–Kier alpha value is 0.194. The van der Waals surface area contributed by atoms with Crippen LogP contribution in [-0.4, -0.2) is 60.5 Å². The molecule has 0 unspecified atom stereocenters. The normalized spacial score (nSPS) is 34.4. The van der Waals surface area contributed by atoms with Crippen molar-refractivity contribution in [3.05, 3.63) is 0 Å². The van der Waals surface area contributed by atoms with Crippen LogP contribution in [-0.2, 0) is 22.4 Å². The second kappa shape index (κ2) is 8.28.